The van der Waals surface area contributed by atoms with E-state index in [0.29, 0.717) is 24.2 Å². The van der Waals surface area contributed by atoms with Crippen LogP contribution < -0.4 is 15.8 Å². The number of carbonyl (C=O) groups excluding carboxylic acids is 2. The van der Waals surface area contributed by atoms with Gasteiger partial charge in [-0.25, -0.2) is 4.99 Å². The quantitative estimate of drug-likeness (QED) is 0.428. The lowest BCUT2D eigenvalue weighted by Crippen LogP contribution is -2.48. The van der Waals surface area contributed by atoms with Crippen LogP contribution in [0.25, 0.3) is 0 Å². The first-order valence-corrected chi connectivity index (χ1v) is 12.9. The Balaban J connectivity index is 0.000000568. The number of fused-ring (bicyclic) bond motifs is 1. The molecule has 2 atom stereocenters. The second-order valence-corrected chi connectivity index (χ2v) is 9.97. The van der Waals surface area contributed by atoms with Crippen LogP contribution in [-0.4, -0.2) is 55.1 Å². The van der Waals surface area contributed by atoms with E-state index in [0.717, 1.165) is 37.3 Å². The molecule has 8 heteroatoms. The molecule has 2 aliphatic heterocycles. The van der Waals surface area contributed by atoms with Crippen molar-refractivity contribution in [2.45, 2.75) is 78.0 Å². The van der Waals surface area contributed by atoms with Gasteiger partial charge in [0.15, 0.2) is 5.96 Å². The van der Waals surface area contributed by atoms with E-state index in [1.54, 1.807) is 12.0 Å². The van der Waals surface area contributed by atoms with Crippen molar-refractivity contribution >= 4 is 18.3 Å². The molecular formula is C30H46N4O4. The molecule has 0 aromatic heterocycles. The first-order valence-electron chi connectivity index (χ1n) is 12.9. The standard InChI is InChI=1S/C12H15NO2.C11H19N3O.C3H8O.2C2H2/c1-12(2)7-10(13-8-14)9-5-3-4-6-11(9)15-12;1-7(2)9-5-10(15)14(11(12)13-9)6-8-3-4-8;1-3-4-2;2*1-2/h3-6,8,10H,7H2,1-2H3,(H,13,14);7-9H,3-6H2,1-2H3,(H2,12,13);3H2,1-2H3;2*1-2H/t10-;;;;/m0..../s1. The second-order valence-electron chi connectivity index (χ2n) is 9.97. The van der Waals surface area contributed by atoms with Crippen molar-refractivity contribution in [3.63, 3.8) is 0 Å². The number of nitrogens with zero attached hydrogens (tertiary/aromatic N) is 2. The number of rotatable bonds is 6. The minimum absolute atomic E-state index is 0.0578. The van der Waals surface area contributed by atoms with Gasteiger partial charge in [-0.05, 0) is 51.5 Å². The van der Waals surface area contributed by atoms with Gasteiger partial charge >= 0.3 is 0 Å². The van der Waals surface area contributed by atoms with Gasteiger partial charge in [0.2, 0.25) is 12.3 Å². The number of aliphatic imine (C=N–C) groups is 1. The molecule has 1 saturated carbocycles. The highest BCUT2D eigenvalue weighted by Crippen LogP contribution is 2.38. The van der Waals surface area contributed by atoms with Gasteiger partial charge in [0.25, 0.3) is 0 Å². The van der Waals surface area contributed by atoms with Crippen molar-refractivity contribution in [2.75, 3.05) is 20.3 Å². The summed E-state index contributed by atoms with van der Waals surface area (Å²) in [4.78, 5) is 28.4. The van der Waals surface area contributed by atoms with Crippen molar-refractivity contribution < 1.29 is 19.1 Å². The van der Waals surface area contributed by atoms with Gasteiger partial charge in [-0.1, -0.05) is 32.0 Å². The Hall–Kier alpha value is -3.49. The monoisotopic (exact) mass is 526 g/mol. The third-order valence-electron chi connectivity index (χ3n) is 6.10. The Labute approximate surface area is 229 Å². The molecule has 8 nitrogen and oxygen atoms in total. The predicted molar refractivity (Wildman–Crippen MR) is 154 cm³/mol. The molecule has 0 bridgehead atoms. The van der Waals surface area contributed by atoms with E-state index >= 15 is 0 Å². The number of hydrogen-bond acceptors (Lipinski definition) is 6. The first-order chi connectivity index (χ1) is 18.1. The fourth-order valence-electron chi connectivity index (χ4n) is 3.87. The number of nitrogens with one attached hydrogen (secondary N) is 1. The molecule has 1 fully saturated rings. The molecule has 1 aromatic carbocycles. The Kier molecular flexibility index (Phi) is 16.2. The number of nitrogens with two attached hydrogens (primary N) is 1. The smallest absolute Gasteiger partial charge is 0.231 e. The Morgan fingerprint density at radius 3 is 2.29 bits per heavy atom. The molecule has 4 rings (SSSR count). The van der Waals surface area contributed by atoms with Crippen molar-refractivity contribution in [1.29, 1.82) is 0 Å². The molecule has 1 aromatic rings. The van der Waals surface area contributed by atoms with E-state index < -0.39 is 0 Å². The summed E-state index contributed by atoms with van der Waals surface area (Å²) < 4.78 is 10.4. The molecule has 3 aliphatic rings. The summed E-state index contributed by atoms with van der Waals surface area (Å²) in [5.74, 6) is 2.49. The van der Waals surface area contributed by atoms with Crippen LogP contribution in [0.1, 0.15) is 71.9 Å². The summed E-state index contributed by atoms with van der Waals surface area (Å²) in [6, 6.07) is 7.97. The van der Waals surface area contributed by atoms with E-state index in [-0.39, 0.29) is 23.6 Å². The highest BCUT2D eigenvalue weighted by atomic mass is 16.5. The molecule has 0 saturated heterocycles. The van der Waals surface area contributed by atoms with Crippen LogP contribution in [0.2, 0.25) is 0 Å². The summed E-state index contributed by atoms with van der Waals surface area (Å²) in [6.07, 6.45) is 20.5. The first kappa shape index (κ1) is 34.5. The van der Waals surface area contributed by atoms with Crippen molar-refractivity contribution in [1.82, 2.24) is 10.2 Å². The lowest BCUT2D eigenvalue weighted by molar-refractivity contribution is -0.128. The van der Waals surface area contributed by atoms with Crippen LogP contribution in [0.5, 0.6) is 5.75 Å². The van der Waals surface area contributed by atoms with Crippen molar-refractivity contribution in [3.8, 4) is 31.4 Å². The molecule has 0 spiro atoms. The van der Waals surface area contributed by atoms with E-state index in [9.17, 15) is 9.59 Å². The summed E-state index contributed by atoms with van der Waals surface area (Å²) in [6.45, 7) is 11.8. The van der Waals surface area contributed by atoms with Crippen LogP contribution in [-0.2, 0) is 14.3 Å². The van der Waals surface area contributed by atoms with Gasteiger partial charge < -0.3 is 20.5 Å². The average molecular weight is 527 g/mol. The molecule has 38 heavy (non-hydrogen) atoms. The number of benzene rings is 1. The largest absolute Gasteiger partial charge is 0.487 e. The maximum Gasteiger partial charge on any atom is 0.231 e. The average Bonchev–Trinajstić information content (AvgIpc) is 3.73. The van der Waals surface area contributed by atoms with E-state index in [1.165, 1.54) is 12.8 Å². The fraction of sp³-hybridized carbons (Fsp3) is 0.567. The molecule has 2 heterocycles. The van der Waals surface area contributed by atoms with E-state index in [2.05, 4.69) is 54.6 Å². The lowest BCUT2D eigenvalue weighted by atomic mass is 9.90. The zero-order chi connectivity index (χ0) is 29.3. The third-order valence-corrected chi connectivity index (χ3v) is 6.10. The molecule has 3 N–H and O–H groups in total. The predicted octanol–water partition coefficient (Wildman–Crippen LogP) is 4.15. The van der Waals surface area contributed by atoms with Gasteiger partial charge in [0.05, 0.1) is 18.5 Å². The lowest BCUT2D eigenvalue weighted by Gasteiger charge is -2.37. The second kappa shape index (κ2) is 17.9. The zero-order valence-corrected chi connectivity index (χ0v) is 23.9. The number of guanidine groups is 1. The number of terminal acetylenes is 2. The Morgan fingerprint density at radius 1 is 1.24 bits per heavy atom. The van der Waals surface area contributed by atoms with Crippen LogP contribution in [0, 0.1) is 37.5 Å². The number of methoxy groups -OCH3 is 1. The van der Waals surface area contributed by atoms with Crippen LogP contribution in [0.15, 0.2) is 29.3 Å². The van der Waals surface area contributed by atoms with Crippen LogP contribution in [0.3, 0.4) is 0 Å². The summed E-state index contributed by atoms with van der Waals surface area (Å²) in [5.41, 5.74) is 6.66. The summed E-state index contributed by atoms with van der Waals surface area (Å²) in [7, 11) is 1.68. The number of carbonyl (C=O) groups is 2. The van der Waals surface area contributed by atoms with E-state index in [4.69, 9.17) is 10.5 Å². The summed E-state index contributed by atoms with van der Waals surface area (Å²) in [5, 5.41) is 2.84. The number of para-hydroxylation sites is 1. The van der Waals surface area contributed by atoms with Gasteiger partial charge in [-0.2, -0.15) is 0 Å². The molecule has 2 amide bonds. The van der Waals surface area contributed by atoms with Gasteiger partial charge in [-0.3, -0.25) is 14.5 Å². The normalized spacial score (nSPS) is 20.4. The number of ether oxygens (including phenoxy) is 2. The third kappa shape index (κ3) is 11.7. The maximum atomic E-state index is 11.8. The number of hydrogen-bond donors (Lipinski definition) is 2. The SMILES string of the molecule is C#C.C#C.CC(C)C1CC(=O)N(CC2CC2)C(N)=N1.CC1(C)C[C@H](NC=O)c2ccccc2O1.CCOC. The maximum absolute atomic E-state index is 11.8. The minimum Gasteiger partial charge on any atom is -0.487 e. The highest BCUT2D eigenvalue weighted by Gasteiger charge is 2.34. The number of amides is 2. The molecule has 1 unspecified atom stereocenters. The minimum atomic E-state index is -0.227. The van der Waals surface area contributed by atoms with Crippen molar-refractivity contribution in [3.05, 3.63) is 29.8 Å². The highest BCUT2D eigenvalue weighted by molar-refractivity contribution is 5.98. The Bertz CT molecular complexity index is 911. The molecule has 0 radical (unpaired) electrons. The molecule has 1 aliphatic carbocycles. The van der Waals surface area contributed by atoms with Gasteiger partial charge in [-0.15, -0.1) is 25.7 Å². The van der Waals surface area contributed by atoms with Crippen LogP contribution in [0.4, 0.5) is 0 Å². The van der Waals surface area contributed by atoms with Gasteiger partial charge in [0.1, 0.15) is 11.4 Å². The van der Waals surface area contributed by atoms with Gasteiger partial charge in [0, 0.05) is 32.2 Å². The molecular weight excluding hydrogens is 480 g/mol. The Morgan fingerprint density at radius 2 is 1.82 bits per heavy atom. The molecule has 210 valence electrons. The van der Waals surface area contributed by atoms with E-state index in [1.807, 2.05) is 45.0 Å². The fourth-order valence-corrected chi connectivity index (χ4v) is 3.87. The zero-order valence-electron chi connectivity index (χ0n) is 23.9. The van der Waals surface area contributed by atoms with Crippen molar-refractivity contribution in [2.24, 2.45) is 22.6 Å². The summed E-state index contributed by atoms with van der Waals surface area (Å²) >= 11 is 0. The topological polar surface area (TPSA) is 106 Å². The van der Waals surface area contributed by atoms with Crippen LogP contribution >= 0.6 is 0 Å².